The number of aryl methyl sites for hydroxylation is 1. The number of halogens is 1. The van der Waals surface area contributed by atoms with Crippen molar-refractivity contribution in [1.29, 1.82) is 0 Å². The molecule has 0 saturated heterocycles. The van der Waals surface area contributed by atoms with Gasteiger partial charge in [-0.1, -0.05) is 20.8 Å². The predicted octanol–water partition coefficient (Wildman–Crippen LogP) is 2.17. The molecule has 0 saturated carbocycles. The molecular weight excluding hydrogens is 238 g/mol. The van der Waals surface area contributed by atoms with Gasteiger partial charge in [0.05, 0.1) is 11.4 Å². The van der Waals surface area contributed by atoms with Crippen molar-refractivity contribution in [3.8, 4) is 0 Å². The van der Waals surface area contributed by atoms with Gasteiger partial charge in [0, 0.05) is 6.54 Å². The average molecular weight is 258 g/mol. The van der Waals surface area contributed by atoms with E-state index in [2.05, 4.69) is 23.8 Å². The monoisotopic (exact) mass is 257 g/mol. The van der Waals surface area contributed by atoms with Gasteiger partial charge in [0.15, 0.2) is 0 Å². The first kappa shape index (κ1) is 14.2. The van der Waals surface area contributed by atoms with E-state index < -0.39 is 0 Å². The fraction of sp³-hybridized carbons (Fsp3) is 0.667. The number of carbonyl (C=O) groups excluding carboxylic acids is 1. The van der Waals surface area contributed by atoms with E-state index in [1.54, 1.807) is 0 Å². The molecule has 4 nitrogen and oxygen atoms in total. The van der Waals surface area contributed by atoms with Crippen LogP contribution in [0.25, 0.3) is 0 Å². The van der Waals surface area contributed by atoms with Crippen molar-refractivity contribution in [2.75, 3.05) is 19.0 Å². The molecule has 0 fully saturated rings. The van der Waals surface area contributed by atoms with Gasteiger partial charge in [0.1, 0.15) is 5.88 Å². The highest BCUT2D eigenvalue weighted by molar-refractivity contribution is 6.27. The molecule has 0 N–H and O–H groups in total. The van der Waals surface area contributed by atoms with Crippen LogP contribution in [0.1, 0.15) is 37.0 Å². The molecule has 0 amide bonds. The van der Waals surface area contributed by atoms with E-state index in [1.807, 2.05) is 13.0 Å². The number of hydrogen-bond donors (Lipinski definition) is 0. The number of carbonyl (C=O) groups is 1. The molecule has 0 aromatic carbocycles. The van der Waals surface area contributed by atoms with Gasteiger partial charge in [0.25, 0.3) is 5.91 Å². The Balaban J connectivity index is 2.95. The lowest BCUT2D eigenvalue weighted by Gasteiger charge is -2.17. The standard InChI is InChI=1S/C12H20ClN3O/c1-4-10-7-11(9-15(5-2)6-3)16(14-10)12(17)8-13/h7H,4-6,8-9H2,1-3H3. The quantitative estimate of drug-likeness (QED) is 0.733. The third-order valence-corrected chi connectivity index (χ3v) is 3.06. The van der Waals surface area contributed by atoms with Crippen LogP contribution in [0.5, 0.6) is 0 Å². The molecule has 1 heterocycles. The highest BCUT2D eigenvalue weighted by Gasteiger charge is 2.14. The zero-order valence-corrected chi connectivity index (χ0v) is 11.5. The summed E-state index contributed by atoms with van der Waals surface area (Å²) >= 11 is 5.59. The highest BCUT2D eigenvalue weighted by Crippen LogP contribution is 2.09. The summed E-state index contributed by atoms with van der Waals surface area (Å²) < 4.78 is 1.45. The lowest BCUT2D eigenvalue weighted by molar-refractivity contribution is 0.0917. The van der Waals surface area contributed by atoms with Gasteiger partial charge in [0.2, 0.25) is 0 Å². The van der Waals surface area contributed by atoms with Crippen LogP contribution < -0.4 is 0 Å². The number of alkyl halides is 1. The minimum Gasteiger partial charge on any atom is -0.298 e. The van der Waals surface area contributed by atoms with E-state index in [0.29, 0.717) is 0 Å². The molecule has 17 heavy (non-hydrogen) atoms. The molecule has 1 aromatic heterocycles. The van der Waals surface area contributed by atoms with Crippen LogP contribution in [0.15, 0.2) is 6.07 Å². The molecule has 0 atom stereocenters. The SMILES string of the molecule is CCc1cc(CN(CC)CC)n(C(=O)CCl)n1. The zero-order chi connectivity index (χ0) is 12.8. The number of nitrogens with zero attached hydrogens (tertiary/aromatic N) is 3. The van der Waals surface area contributed by atoms with Crippen molar-refractivity contribution in [2.45, 2.75) is 33.7 Å². The minimum absolute atomic E-state index is 0.0317. The van der Waals surface area contributed by atoms with Gasteiger partial charge < -0.3 is 0 Å². The molecule has 1 aromatic rings. The normalized spacial score (nSPS) is 11.1. The van der Waals surface area contributed by atoms with E-state index in [1.165, 1.54) is 4.68 Å². The fourth-order valence-corrected chi connectivity index (χ4v) is 1.82. The summed E-state index contributed by atoms with van der Waals surface area (Å²) in [5, 5.41) is 4.28. The third kappa shape index (κ3) is 3.54. The van der Waals surface area contributed by atoms with Crippen LogP contribution in [0, 0.1) is 0 Å². The maximum Gasteiger partial charge on any atom is 0.262 e. The molecule has 0 aliphatic heterocycles. The van der Waals surface area contributed by atoms with Gasteiger partial charge >= 0.3 is 0 Å². The molecule has 0 aliphatic rings. The van der Waals surface area contributed by atoms with Gasteiger partial charge in [-0.2, -0.15) is 5.10 Å². The Labute approximate surface area is 108 Å². The van der Waals surface area contributed by atoms with Crippen LogP contribution in [0.3, 0.4) is 0 Å². The Bertz CT molecular complexity index is 372. The first-order valence-corrected chi connectivity index (χ1v) is 6.58. The van der Waals surface area contributed by atoms with E-state index in [-0.39, 0.29) is 11.8 Å². The van der Waals surface area contributed by atoms with E-state index >= 15 is 0 Å². The van der Waals surface area contributed by atoms with E-state index in [4.69, 9.17) is 11.6 Å². The van der Waals surface area contributed by atoms with Crippen LogP contribution in [0.4, 0.5) is 0 Å². The topological polar surface area (TPSA) is 38.1 Å². The van der Waals surface area contributed by atoms with Crippen molar-refractivity contribution in [2.24, 2.45) is 0 Å². The first-order chi connectivity index (χ1) is 8.15. The van der Waals surface area contributed by atoms with Gasteiger partial charge in [-0.05, 0) is 25.6 Å². The number of aromatic nitrogens is 2. The Morgan fingerprint density at radius 3 is 2.53 bits per heavy atom. The van der Waals surface area contributed by atoms with Crippen molar-refractivity contribution in [3.63, 3.8) is 0 Å². The molecule has 5 heteroatoms. The lowest BCUT2D eigenvalue weighted by Crippen LogP contribution is -2.26. The van der Waals surface area contributed by atoms with Gasteiger partial charge in [-0.15, -0.1) is 11.6 Å². The summed E-state index contributed by atoms with van der Waals surface area (Å²) in [6, 6.07) is 1.99. The molecule has 0 spiro atoms. The second-order valence-electron chi connectivity index (χ2n) is 3.88. The van der Waals surface area contributed by atoms with Crippen molar-refractivity contribution in [3.05, 3.63) is 17.5 Å². The largest absolute Gasteiger partial charge is 0.298 e. The highest BCUT2D eigenvalue weighted by atomic mass is 35.5. The molecule has 96 valence electrons. The van der Waals surface area contributed by atoms with Crippen LogP contribution in [-0.2, 0) is 13.0 Å². The molecular formula is C12H20ClN3O. The maximum atomic E-state index is 11.7. The van der Waals surface area contributed by atoms with E-state index in [0.717, 1.165) is 37.4 Å². The summed E-state index contributed by atoms with van der Waals surface area (Å²) in [5.41, 5.74) is 1.86. The smallest absolute Gasteiger partial charge is 0.262 e. The maximum absolute atomic E-state index is 11.7. The summed E-state index contributed by atoms with van der Waals surface area (Å²) in [5.74, 6) is -0.190. The summed E-state index contributed by atoms with van der Waals surface area (Å²) in [6.07, 6.45) is 0.827. The fourth-order valence-electron chi connectivity index (χ4n) is 1.71. The van der Waals surface area contributed by atoms with Gasteiger partial charge in [-0.3, -0.25) is 9.69 Å². The van der Waals surface area contributed by atoms with Crippen LogP contribution in [-0.4, -0.2) is 39.6 Å². The third-order valence-electron chi connectivity index (χ3n) is 2.83. The predicted molar refractivity (Wildman–Crippen MR) is 69.6 cm³/mol. The van der Waals surface area contributed by atoms with Crippen molar-refractivity contribution < 1.29 is 4.79 Å². The first-order valence-electron chi connectivity index (χ1n) is 6.05. The molecule has 0 radical (unpaired) electrons. The summed E-state index contributed by atoms with van der Waals surface area (Å²) in [6.45, 7) is 8.89. The Morgan fingerprint density at radius 2 is 2.06 bits per heavy atom. The Kier molecular flexibility index (Phi) is 5.65. The molecule has 0 unspecified atom stereocenters. The number of rotatable bonds is 6. The molecule has 0 aliphatic carbocycles. The lowest BCUT2D eigenvalue weighted by atomic mass is 10.3. The van der Waals surface area contributed by atoms with Crippen LogP contribution in [0.2, 0.25) is 0 Å². The summed E-state index contributed by atoms with van der Waals surface area (Å²) in [7, 11) is 0. The average Bonchev–Trinajstić information content (AvgIpc) is 2.77. The van der Waals surface area contributed by atoms with Gasteiger partial charge in [-0.25, -0.2) is 4.68 Å². The van der Waals surface area contributed by atoms with Crippen LogP contribution >= 0.6 is 11.6 Å². The second-order valence-corrected chi connectivity index (χ2v) is 4.15. The zero-order valence-electron chi connectivity index (χ0n) is 10.7. The Morgan fingerprint density at radius 1 is 1.41 bits per heavy atom. The molecule has 0 bridgehead atoms. The minimum atomic E-state index is -0.159. The van der Waals surface area contributed by atoms with Crippen molar-refractivity contribution in [1.82, 2.24) is 14.7 Å². The number of hydrogen-bond acceptors (Lipinski definition) is 3. The second kappa shape index (κ2) is 6.77. The van der Waals surface area contributed by atoms with Crippen molar-refractivity contribution >= 4 is 17.5 Å². The summed E-state index contributed by atoms with van der Waals surface area (Å²) in [4.78, 5) is 13.9. The molecule has 1 rings (SSSR count). The Hall–Kier alpha value is -0.870. The van der Waals surface area contributed by atoms with E-state index in [9.17, 15) is 4.79 Å².